The third kappa shape index (κ3) is 3.68. The van der Waals surface area contributed by atoms with Crippen molar-refractivity contribution in [1.82, 2.24) is 4.98 Å². The molecule has 0 saturated carbocycles. The second kappa shape index (κ2) is 5.11. The van der Waals surface area contributed by atoms with Crippen molar-refractivity contribution in [2.45, 2.75) is 25.4 Å². The molecule has 0 amide bonds. The van der Waals surface area contributed by atoms with E-state index in [1.165, 1.54) is 0 Å². The van der Waals surface area contributed by atoms with Gasteiger partial charge in [0, 0.05) is 24.7 Å². The zero-order chi connectivity index (χ0) is 12.1. The van der Waals surface area contributed by atoms with Crippen molar-refractivity contribution in [1.29, 1.82) is 0 Å². The summed E-state index contributed by atoms with van der Waals surface area (Å²) in [7, 11) is 0. The van der Waals surface area contributed by atoms with Crippen LogP contribution in [0.2, 0.25) is 0 Å². The number of aliphatic hydroxyl groups is 1. The topological polar surface area (TPSA) is 33.1 Å². The Hall–Kier alpha value is -1.67. The molecule has 17 heavy (non-hydrogen) atoms. The first kappa shape index (κ1) is 11.8. The Kier molecular flexibility index (Phi) is 3.55. The first-order valence-corrected chi connectivity index (χ1v) is 5.82. The van der Waals surface area contributed by atoms with Gasteiger partial charge in [-0.2, -0.15) is 0 Å². The summed E-state index contributed by atoms with van der Waals surface area (Å²) in [6.45, 7) is 1.86. The fourth-order valence-corrected chi connectivity index (χ4v) is 1.99. The maximum absolute atomic E-state index is 10.4. The summed E-state index contributed by atoms with van der Waals surface area (Å²) in [4.78, 5) is 4.25. The molecule has 0 aliphatic heterocycles. The van der Waals surface area contributed by atoms with Crippen LogP contribution >= 0.6 is 0 Å². The molecule has 1 heterocycles. The maximum Gasteiger partial charge on any atom is 0.0715 e. The quantitative estimate of drug-likeness (QED) is 0.871. The summed E-state index contributed by atoms with van der Waals surface area (Å²) in [5.74, 6) is 0. The molecule has 0 spiro atoms. The fraction of sp³-hybridized carbons (Fsp3) is 0.267. The Labute approximate surface area is 102 Å². The van der Waals surface area contributed by atoms with Crippen LogP contribution in [0.1, 0.15) is 18.2 Å². The lowest BCUT2D eigenvalue weighted by Gasteiger charge is -2.23. The number of pyridine rings is 1. The standard InChI is InChI=1S/C15H17NO/c1-15(17,11-13-7-3-2-4-8-13)12-14-9-5-6-10-16-14/h2-10,17H,11-12H2,1H3. The van der Waals surface area contributed by atoms with Crippen molar-refractivity contribution >= 4 is 0 Å². The summed E-state index contributed by atoms with van der Waals surface area (Å²) in [5.41, 5.74) is 1.32. The van der Waals surface area contributed by atoms with Gasteiger partial charge in [0.2, 0.25) is 0 Å². The Bertz CT molecular complexity index is 407. The van der Waals surface area contributed by atoms with E-state index in [0.29, 0.717) is 12.8 Å². The third-order valence-electron chi connectivity index (χ3n) is 2.72. The molecule has 1 aromatic heterocycles. The van der Waals surface area contributed by atoms with Crippen molar-refractivity contribution in [3.8, 4) is 0 Å². The number of hydrogen-bond acceptors (Lipinski definition) is 2. The molecule has 2 aromatic rings. The van der Waals surface area contributed by atoms with E-state index in [0.717, 1.165) is 11.3 Å². The first-order chi connectivity index (χ1) is 8.16. The Morgan fingerprint density at radius 2 is 1.71 bits per heavy atom. The van der Waals surface area contributed by atoms with Crippen LogP contribution in [-0.2, 0) is 12.8 Å². The van der Waals surface area contributed by atoms with Gasteiger partial charge < -0.3 is 5.11 Å². The van der Waals surface area contributed by atoms with Crippen molar-refractivity contribution < 1.29 is 5.11 Å². The number of rotatable bonds is 4. The molecule has 1 aromatic carbocycles. The molecule has 88 valence electrons. The van der Waals surface area contributed by atoms with Gasteiger partial charge in [0.1, 0.15) is 0 Å². The molecule has 2 nitrogen and oxygen atoms in total. The van der Waals surface area contributed by atoms with Gasteiger partial charge in [0.15, 0.2) is 0 Å². The highest BCUT2D eigenvalue weighted by molar-refractivity contribution is 5.18. The highest BCUT2D eigenvalue weighted by Gasteiger charge is 2.21. The highest BCUT2D eigenvalue weighted by atomic mass is 16.3. The van der Waals surface area contributed by atoms with Crippen molar-refractivity contribution in [2.24, 2.45) is 0 Å². The van der Waals surface area contributed by atoms with Crippen LogP contribution in [0, 0.1) is 0 Å². The minimum atomic E-state index is -0.754. The van der Waals surface area contributed by atoms with Gasteiger partial charge in [-0.1, -0.05) is 36.4 Å². The first-order valence-electron chi connectivity index (χ1n) is 5.82. The molecule has 0 radical (unpaired) electrons. The normalized spacial score (nSPS) is 14.2. The summed E-state index contributed by atoms with van der Waals surface area (Å²) >= 11 is 0. The SMILES string of the molecule is CC(O)(Cc1ccccc1)Cc1ccccn1. The average Bonchev–Trinajstić information content (AvgIpc) is 2.30. The molecule has 0 aliphatic rings. The van der Waals surface area contributed by atoms with Crippen LogP contribution in [0.4, 0.5) is 0 Å². The minimum absolute atomic E-state index is 0.572. The molecule has 2 rings (SSSR count). The number of benzene rings is 1. The van der Waals surface area contributed by atoms with Crippen molar-refractivity contribution in [3.05, 3.63) is 66.0 Å². The van der Waals surface area contributed by atoms with Gasteiger partial charge in [0.25, 0.3) is 0 Å². The van der Waals surface area contributed by atoms with E-state index in [1.54, 1.807) is 6.20 Å². The largest absolute Gasteiger partial charge is 0.389 e. The van der Waals surface area contributed by atoms with E-state index in [9.17, 15) is 5.11 Å². The smallest absolute Gasteiger partial charge is 0.0715 e. The molecule has 0 fully saturated rings. The number of aromatic nitrogens is 1. The number of hydrogen-bond donors (Lipinski definition) is 1. The molecule has 2 heteroatoms. The lowest BCUT2D eigenvalue weighted by atomic mass is 9.92. The second-order valence-corrected chi connectivity index (χ2v) is 4.66. The summed E-state index contributed by atoms with van der Waals surface area (Å²) in [6.07, 6.45) is 2.97. The predicted molar refractivity (Wildman–Crippen MR) is 68.7 cm³/mol. The van der Waals surface area contributed by atoms with Crippen LogP contribution in [0.25, 0.3) is 0 Å². The molecular formula is C15H17NO. The van der Waals surface area contributed by atoms with E-state index in [4.69, 9.17) is 0 Å². The lowest BCUT2D eigenvalue weighted by Crippen LogP contribution is -2.30. The van der Waals surface area contributed by atoms with Gasteiger partial charge in [-0.05, 0) is 24.6 Å². The van der Waals surface area contributed by atoms with Crippen molar-refractivity contribution in [2.75, 3.05) is 0 Å². The van der Waals surface area contributed by atoms with E-state index in [1.807, 2.05) is 55.5 Å². The van der Waals surface area contributed by atoms with Crippen LogP contribution in [0.3, 0.4) is 0 Å². The fourth-order valence-electron chi connectivity index (χ4n) is 1.99. The van der Waals surface area contributed by atoms with Gasteiger partial charge in [-0.3, -0.25) is 4.98 Å². The second-order valence-electron chi connectivity index (χ2n) is 4.66. The monoisotopic (exact) mass is 227 g/mol. The maximum atomic E-state index is 10.4. The molecule has 1 N–H and O–H groups in total. The molecule has 1 unspecified atom stereocenters. The lowest BCUT2D eigenvalue weighted by molar-refractivity contribution is 0.0598. The summed E-state index contributed by atoms with van der Waals surface area (Å²) < 4.78 is 0. The molecule has 0 bridgehead atoms. The zero-order valence-corrected chi connectivity index (χ0v) is 10.0. The van der Waals surface area contributed by atoms with Crippen LogP contribution in [0.15, 0.2) is 54.7 Å². The average molecular weight is 227 g/mol. The van der Waals surface area contributed by atoms with E-state index >= 15 is 0 Å². The molecular weight excluding hydrogens is 210 g/mol. The van der Waals surface area contributed by atoms with E-state index in [-0.39, 0.29) is 0 Å². The Morgan fingerprint density at radius 1 is 1.00 bits per heavy atom. The zero-order valence-electron chi connectivity index (χ0n) is 10.0. The van der Waals surface area contributed by atoms with Gasteiger partial charge in [-0.25, -0.2) is 0 Å². The Morgan fingerprint density at radius 3 is 2.35 bits per heavy atom. The Balaban J connectivity index is 2.04. The van der Waals surface area contributed by atoms with Crippen LogP contribution in [-0.4, -0.2) is 15.7 Å². The number of nitrogens with zero attached hydrogens (tertiary/aromatic N) is 1. The van der Waals surface area contributed by atoms with Gasteiger partial charge in [-0.15, -0.1) is 0 Å². The van der Waals surface area contributed by atoms with Gasteiger partial charge >= 0.3 is 0 Å². The van der Waals surface area contributed by atoms with Crippen LogP contribution < -0.4 is 0 Å². The predicted octanol–water partition coefficient (Wildman–Crippen LogP) is 2.62. The van der Waals surface area contributed by atoms with Crippen molar-refractivity contribution in [3.63, 3.8) is 0 Å². The molecule has 0 saturated heterocycles. The highest BCUT2D eigenvalue weighted by Crippen LogP contribution is 2.17. The third-order valence-corrected chi connectivity index (χ3v) is 2.72. The summed E-state index contributed by atoms with van der Waals surface area (Å²) in [6, 6.07) is 15.8. The van der Waals surface area contributed by atoms with Gasteiger partial charge in [0.05, 0.1) is 5.60 Å². The van der Waals surface area contributed by atoms with Crippen LogP contribution in [0.5, 0.6) is 0 Å². The van der Waals surface area contributed by atoms with E-state index < -0.39 is 5.60 Å². The summed E-state index contributed by atoms with van der Waals surface area (Å²) in [5, 5.41) is 10.4. The minimum Gasteiger partial charge on any atom is -0.389 e. The van der Waals surface area contributed by atoms with E-state index in [2.05, 4.69) is 4.98 Å². The molecule has 1 atom stereocenters. The molecule has 0 aliphatic carbocycles.